The van der Waals surface area contributed by atoms with Gasteiger partial charge in [0.2, 0.25) is 12.3 Å². The van der Waals surface area contributed by atoms with Gasteiger partial charge in [0.25, 0.3) is 0 Å². The Morgan fingerprint density at radius 1 is 1.03 bits per heavy atom. The lowest BCUT2D eigenvalue weighted by Gasteiger charge is -2.42. The van der Waals surface area contributed by atoms with Gasteiger partial charge in [-0.3, -0.25) is 25.1 Å². The average Bonchev–Trinajstić information content (AvgIpc) is 2.78. The predicted octanol–water partition coefficient (Wildman–Crippen LogP) is 0.334. The Labute approximate surface area is 185 Å². The minimum Gasteiger partial charge on any atom is -0.508 e. The van der Waals surface area contributed by atoms with Crippen LogP contribution in [0.25, 0.3) is 0 Å². The van der Waals surface area contributed by atoms with Crippen molar-refractivity contribution in [2.75, 3.05) is 20.2 Å². The highest BCUT2D eigenvalue weighted by atomic mass is 16.5. The first-order chi connectivity index (χ1) is 15.4. The van der Waals surface area contributed by atoms with E-state index in [1.807, 2.05) is 12.1 Å². The van der Waals surface area contributed by atoms with E-state index in [0.29, 0.717) is 5.75 Å². The quantitative estimate of drug-likeness (QED) is 0.224. The van der Waals surface area contributed by atoms with Crippen LogP contribution in [0.1, 0.15) is 11.1 Å². The molecule has 1 heterocycles. The summed E-state index contributed by atoms with van der Waals surface area (Å²) >= 11 is 0. The molecule has 0 bridgehead atoms. The fraction of sp³-hybridized carbons (Fsp3) is 0.286. The Morgan fingerprint density at radius 2 is 1.62 bits per heavy atom. The van der Waals surface area contributed by atoms with Gasteiger partial charge in [-0.2, -0.15) is 0 Å². The third-order valence-corrected chi connectivity index (χ3v) is 4.77. The first kappa shape index (κ1) is 22.7. The molecule has 0 aromatic heterocycles. The summed E-state index contributed by atoms with van der Waals surface area (Å²) in [7, 11) is 1.58. The predicted molar refractivity (Wildman–Crippen MR) is 120 cm³/mol. The SMILES string of the molecule is COc1ccc(CN2C(=O)NC(=NCCN=C(N)N)N(Cc3ccc(O)cc3)C2O)cc1. The normalized spacial score (nSPS) is 17.2. The molecule has 2 aromatic carbocycles. The van der Waals surface area contributed by atoms with Gasteiger partial charge in [0.1, 0.15) is 11.5 Å². The Bertz CT molecular complexity index is 973. The highest BCUT2D eigenvalue weighted by Gasteiger charge is 2.36. The number of aliphatic hydroxyl groups is 1. The Kier molecular flexibility index (Phi) is 7.34. The van der Waals surface area contributed by atoms with Crippen molar-refractivity contribution in [1.29, 1.82) is 0 Å². The van der Waals surface area contributed by atoms with E-state index in [2.05, 4.69) is 15.3 Å². The van der Waals surface area contributed by atoms with Crippen LogP contribution >= 0.6 is 0 Å². The number of hydrogen-bond acceptors (Lipinski definition) is 6. The molecule has 1 unspecified atom stereocenters. The van der Waals surface area contributed by atoms with Gasteiger partial charge in [-0.25, -0.2) is 4.79 Å². The number of benzene rings is 2. The van der Waals surface area contributed by atoms with Crippen molar-refractivity contribution in [3.63, 3.8) is 0 Å². The van der Waals surface area contributed by atoms with Crippen LogP contribution in [0.3, 0.4) is 0 Å². The molecule has 0 spiro atoms. The highest BCUT2D eigenvalue weighted by Crippen LogP contribution is 2.20. The number of phenols is 1. The molecular weight excluding hydrogens is 414 g/mol. The van der Waals surface area contributed by atoms with Crippen LogP contribution in [0.15, 0.2) is 58.5 Å². The lowest BCUT2D eigenvalue weighted by Crippen LogP contribution is -2.65. The molecular formula is C21H27N7O4. The lowest BCUT2D eigenvalue weighted by atomic mass is 10.2. The van der Waals surface area contributed by atoms with E-state index in [9.17, 15) is 15.0 Å². The number of nitrogens with one attached hydrogen (secondary N) is 1. The fourth-order valence-corrected chi connectivity index (χ4v) is 3.12. The van der Waals surface area contributed by atoms with Gasteiger partial charge in [0, 0.05) is 0 Å². The zero-order chi connectivity index (χ0) is 23.1. The van der Waals surface area contributed by atoms with Crippen molar-refractivity contribution >= 4 is 18.0 Å². The number of hydrogen-bond donors (Lipinski definition) is 5. The van der Waals surface area contributed by atoms with Crippen molar-refractivity contribution in [3.05, 3.63) is 59.7 Å². The average molecular weight is 441 g/mol. The molecule has 0 radical (unpaired) electrons. The van der Waals surface area contributed by atoms with E-state index in [0.717, 1.165) is 11.1 Å². The van der Waals surface area contributed by atoms with Crippen LogP contribution < -0.4 is 21.5 Å². The van der Waals surface area contributed by atoms with Crippen molar-refractivity contribution < 1.29 is 19.7 Å². The number of amides is 2. The summed E-state index contributed by atoms with van der Waals surface area (Å²) in [4.78, 5) is 23.8. The number of carbonyl (C=O) groups is 1. The number of aromatic hydroxyl groups is 1. The van der Waals surface area contributed by atoms with E-state index in [4.69, 9.17) is 16.2 Å². The molecule has 170 valence electrons. The number of nitrogens with two attached hydrogens (primary N) is 2. The maximum atomic E-state index is 12.7. The monoisotopic (exact) mass is 441 g/mol. The number of phenolic OH excluding ortho intramolecular Hbond substituents is 1. The van der Waals surface area contributed by atoms with E-state index >= 15 is 0 Å². The summed E-state index contributed by atoms with van der Waals surface area (Å²) in [6.07, 6.45) is -1.28. The smallest absolute Gasteiger partial charge is 0.327 e. The topological polar surface area (TPSA) is 162 Å². The van der Waals surface area contributed by atoms with Crippen LogP contribution in [0.5, 0.6) is 11.5 Å². The minimum atomic E-state index is -1.28. The van der Waals surface area contributed by atoms with E-state index in [1.54, 1.807) is 48.4 Å². The van der Waals surface area contributed by atoms with Gasteiger partial charge < -0.3 is 26.4 Å². The Morgan fingerprint density at radius 3 is 2.22 bits per heavy atom. The largest absolute Gasteiger partial charge is 0.508 e. The first-order valence-corrected chi connectivity index (χ1v) is 9.90. The molecule has 1 aliphatic heterocycles. The zero-order valence-corrected chi connectivity index (χ0v) is 17.7. The van der Waals surface area contributed by atoms with Gasteiger partial charge in [0.05, 0.1) is 33.3 Å². The van der Waals surface area contributed by atoms with E-state index in [1.165, 1.54) is 4.90 Å². The molecule has 2 aromatic rings. The molecule has 1 fully saturated rings. The van der Waals surface area contributed by atoms with Crippen LogP contribution in [0.4, 0.5) is 4.79 Å². The number of carbonyl (C=O) groups excluding carboxylic acids is 1. The van der Waals surface area contributed by atoms with Crippen molar-refractivity contribution in [2.45, 2.75) is 19.4 Å². The minimum absolute atomic E-state index is 0.0514. The van der Waals surface area contributed by atoms with Crippen LogP contribution in [-0.4, -0.2) is 64.5 Å². The third-order valence-electron chi connectivity index (χ3n) is 4.77. The number of aliphatic imine (C=N–C) groups is 2. The zero-order valence-electron chi connectivity index (χ0n) is 17.7. The summed E-state index contributed by atoms with van der Waals surface area (Å²) in [5.41, 5.74) is 12.3. The molecule has 0 saturated carbocycles. The maximum Gasteiger partial charge on any atom is 0.327 e. The number of nitrogens with zero attached hydrogens (tertiary/aromatic N) is 4. The molecule has 32 heavy (non-hydrogen) atoms. The van der Waals surface area contributed by atoms with Crippen LogP contribution in [0.2, 0.25) is 0 Å². The van der Waals surface area contributed by atoms with E-state index < -0.39 is 12.4 Å². The molecule has 1 atom stereocenters. The van der Waals surface area contributed by atoms with Gasteiger partial charge in [-0.15, -0.1) is 0 Å². The van der Waals surface area contributed by atoms with Crippen molar-refractivity contribution in [2.24, 2.45) is 21.5 Å². The number of ether oxygens (including phenoxy) is 1. The van der Waals surface area contributed by atoms with Gasteiger partial charge in [0.15, 0.2) is 5.96 Å². The number of aliphatic hydroxyl groups excluding tert-OH is 1. The summed E-state index contributed by atoms with van der Waals surface area (Å²) in [6.45, 7) is 0.859. The molecule has 2 amide bonds. The van der Waals surface area contributed by atoms with Crippen molar-refractivity contribution in [3.8, 4) is 11.5 Å². The van der Waals surface area contributed by atoms with Gasteiger partial charge >= 0.3 is 6.03 Å². The standard InChI is InChI=1S/C21H27N7O4/c1-32-17-8-4-15(5-9-17)13-28-20(30)26-19(25-11-10-24-18(22)23)27(21(28)31)12-14-2-6-16(29)7-3-14/h2-9,21,29,31H,10-13H2,1H3,(H4,22,23,24)(H,25,26,30). The van der Waals surface area contributed by atoms with Gasteiger partial charge in [-0.1, -0.05) is 24.3 Å². The summed E-state index contributed by atoms with van der Waals surface area (Å²) in [6, 6.07) is 13.3. The lowest BCUT2D eigenvalue weighted by molar-refractivity contribution is -0.0732. The molecule has 11 heteroatoms. The summed E-state index contributed by atoms with van der Waals surface area (Å²) in [5, 5.41) is 23.3. The number of guanidine groups is 2. The Balaban J connectivity index is 1.82. The molecule has 7 N–H and O–H groups in total. The highest BCUT2D eigenvalue weighted by molar-refractivity contribution is 5.98. The molecule has 3 rings (SSSR count). The maximum absolute atomic E-state index is 12.7. The second-order valence-electron chi connectivity index (χ2n) is 7.06. The molecule has 1 aliphatic rings. The number of urea groups is 1. The number of methoxy groups -OCH3 is 1. The second kappa shape index (κ2) is 10.4. The fourth-order valence-electron chi connectivity index (χ4n) is 3.12. The van der Waals surface area contributed by atoms with Crippen LogP contribution in [-0.2, 0) is 13.1 Å². The summed E-state index contributed by atoms with van der Waals surface area (Å²) < 4.78 is 5.16. The Hall–Kier alpha value is -3.99. The molecule has 11 nitrogen and oxygen atoms in total. The van der Waals surface area contributed by atoms with Gasteiger partial charge in [-0.05, 0) is 35.4 Å². The summed E-state index contributed by atoms with van der Waals surface area (Å²) in [5.74, 6) is 0.979. The molecule has 1 saturated heterocycles. The number of rotatable bonds is 8. The van der Waals surface area contributed by atoms with Crippen molar-refractivity contribution in [1.82, 2.24) is 15.1 Å². The van der Waals surface area contributed by atoms with E-state index in [-0.39, 0.29) is 43.8 Å². The first-order valence-electron chi connectivity index (χ1n) is 9.90. The third kappa shape index (κ3) is 5.79. The second-order valence-corrected chi connectivity index (χ2v) is 7.06. The van der Waals surface area contributed by atoms with Crippen LogP contribution in [0, 0.1) is 0 Å². The molecule has 0 aliphatic carbocycles.